The molecule has 116 valence electrons. The molecule has 0 radical (unpaired) electrons. The highest BCUT2D eigenvalue weighted by molar-refractivity contribution is 6.04. The lowest BCUT2D eigenvalue weighted by Crippen LogP contribution is -2.12. The SMILES string of the molecule is COc1ccc(NC(=O)c2ccccc2)cc1-n1cnc(C)c1. The van der Waals surface area contributed by atoms with E-state index in [0.717, 1.165) is 11.4 Å². The van der Waals surface area contributed by atoms with Gasteiger partial charge < -0.3 is 14.6 Å². The van der Waals surface area contributed by atoms with Gasteiger partial charge in [0, 0.05) is 17.4 Å². The number of rotatable bonds is 4. The van der Waals surface area contributed by atoms with Gasteiger partial charge in [-0.1, -0.05) is 18.2 Å². The number of carbonyl (C=O) groups excluding carboxylic acids is 1. The lowest BCUT2D eigenvalue weighted by molar-refractivity contribution is 0.102. The molecule has 1 heterocycles. The number of nitrogens with zero attached hydrogens (tertiary/aromatic N) is 2. The summed E-state index contributed by atoms with van der Waals surface area (Å²) in [6.07, 6.45) is 3.62. The molecule has 0 aliphatic heterocycles. The first-order chi connectivity index (χ1) is 11.2. The third-order valence-corrected chi connectivity index (χ3v) is 3.46. The van der Waals surface area contributed by atoms with Crippen molar-refractivity contribution in [1.82, 2.24) is 9.55 Å². The average molecular weight is 307 g/mol. The zero-order valence-electron chi connectivity index (χ0n) is 13.0. The van der Waals surface area contributed by atoms with Crippen molar-refractivity contribution in [2.75, 3.05) is 12.4 Å². The maximum Gasteiger partial charge on any atom is 0.255 e. The lowest BCUT2D eigenvalue weighted by atomic mass is 10.2. The van der Waals surface area contributed by atoms with Gasteiger partial charge in [0.25, 0.3) is 5.91 Å². The van der Waals surface area contributed by atoms with E-state index in [0.29, 0.717) is 17.0 Å². The topological polar surface area (TPSA) is 56.1 Å². The second-order valence-electron chi connectivity index (χ2n) is 5.13. The first-order valence-electron chi connectivity index (χ1n) is 7.23. The maximum atomic E-state index is 12.3. The van der Waals surface area contributed by atoms with Gasteiger partial charge in [0.15, 0.2) is 0 Å². The molecule has 1 amide bonds. The van der Waals surface area contributed by atoms with E-state index in [9.17, 15) is 4.79 Å². The van der Waals surface area contributed by atoms with Crippen LogP contribution >= 0.6 is 0 Å². The van der Waals surface area contributed by atoms with Gasteiger partial charge in [0.05, 0.1) is 24.8 Å². The van der Waals surface area contributed by atoms with Crippen molar-refractivity contribution in [3.05, 3.63) is 72.3 Å². The maximum absolute atomic E-state index is 12.3. The van der Waals surface area contributed by atoms with Crippen LogP contribution in [0.1, 0.15) is 16.1 Å². The van der Waals surface area contributed by atoms with Gasteiger partial charge in [-0.2, -0.15) is 0 Å². The Morgan fingerprint density at radius 3 is 2.61 bits per heavy atom. The molecule has 1 N–H and O–H groups in total. The number of aryl methyl sites for hydroxylation is 1. The fraction of sp³-hybridized carbons (Fsp3) is 0.111. The highest BCUT2D eigenvalue weighted by atomic mass is 16.5. The van der Waals surface area contributed by atoms with Crippen LogP contribution in [0.5, 0.6) is 5.75 Å². The minimum Gasteiger partial charge on any atom is -0.495 e. The van der Waals surface area contributed by atoms with Crippen molar-refractivity contribution >= 4 is 11.6 Å². The predicted octanol–water partition coefficient (Wildman–Crippen LogP) is 3.44. The summed E-state index contributed by atoms with van der Waals surface area (Å²) < 4.78 is 7.26. The van der Waals surface area contributed by atoms with Crippen LogP contribution in [-0.2, 0) is 0 Å². The second kappa shape index (κ2) is 6.36. The van der Waals surface area contributed by atoms with E-state index in [-0.39, 0.29) is 5.91 Å². The van der Waals surface area contributed by atoms with Crippen LogP contribution in [0.15, 0.2) is 61.1 Å². The molecule has 3 aromatic rings. The van der Waals surface area contributed by atoms with Crippen molar-refractivity contribution in [3.8, 4) is 11.4 Å². The molecule has 0 bridgehead atoms. The molecule has 0 aliphatic carbocycles. The van der Waals surface area contributed by atoms with Gasteiger partial charge in [-0.3, -0.25) is 4.79 Å². The first-order valence-corrected chi connectivity index (χ1v) is 7.23. The Kier molecular flexibility index (Phi) is 4.10. The highest BCUT2D eigenvalue weighted by Crippen LogP contribution is 2.26. The van der Waals surface area contributed by atoms with Gasteiger partial charge >= 0.3 is 0 Å². The van der Waals surface area contributed by atoms with Gasteiger partial charge in [-0.15, -0.1) is 0 Å². The van der Waals surface area contributed by atoms with E-state index in [1.54, 1.807) is 25.6 Å². The summed E-state index contributed by atoms with van der Waals surface area (Å²) in [6.45, 7) is 1.92. The highest BCUT2D eigenvalue weighted by Gasteiger charge is 2.10. The van der Waals surface area contributed by atoms with Crippen LogP contribution in [0.25, 0.3) is 5.69 Å². The summed E-state index contributed by atoms with van der Waals surface area (Å²) in [5, 5.41) is 2.90. The molecule has 2 aromatic carbocycles. The number of hydrogen-bond donors (Lipinski definition) is 1. The quantitative estimate of drug-likeness (QED) is 0.803. The summed E-state index contributed by atoms with van der Waals surface area (Å²) in [7, 11) is 1.62. The molecule has 5 nitrogen and oxygen atoms in total. The molecule has 0 spiro atoms. The molecule has 0 fully saturated rings. The van der Waals surface area contributed by atoms with E-state index in [1.165, 1.54) is 0 Å². The molecular formula is C18H17N3O2. The minimum atomic E-state index is -0.150. The predicted molar refractivity (Wildman–Crippen MR) is 89.2 cm³/mol. The first kappa shape index (κ1) is 14.8. The van der Waals surface area contributed by atoms with Gasteiger partial charge in [0.1, 0.15) is 5.75 Å². The fourth-order valence-electron chi connectivity index (χ4n) is 2.32. The van der Waals surface area contributed by atoms with Crippen molar-refractivity contribution in [2.24, 2.45) is 0 Å². The number of methoxy groups -OCH3 is 1. The van der Waals surface area contributed by atoms with Gasteiger partial charge in [-0.05, 0) is 37.3 Å². The Morgan fingerprint density at radius 1 is 1.17 bits per heavy atom. The number of anilines is 1. The van der Waals surface area contributed by atoms with E-state index in [1.807, 2.05) is 54.1 Å². The van der Waals surface area contributed by atoms with Crippen LogP contribution < -0.4 is 10.1 Å². The Bertz CT molecular complexity index is 825. The molecule has 0 saturated heterocycles. The molecule has 0 unspecified atom stereocenters. The lowest BCUT2D eigenvalue weighted by Gasteiger charge is -2.12. The zero-order valence-corrected chi connectivity index (χ0v) is 13.0. The normalized spacial score (nSPS) is 10.3. The molecule has 1 aromatic heterocycles. The summed E-state index contributed by atoms with van der Waals surface area (Å²) in [4.78, 5) is 16.5. The number of benzene rings is 2. The number of hydrogen-bond acceptors (Lipinski definition) is 3. The number of nitrogens with one attached hydrogen (secondary N) is 1. The average Bonchev–Trinajstić information content (AvgIpc) is 3.02. The Labute approximate surface area is 134 Å². The Balaban J connectivity index is 1.91. The standard InChI is InChI=1S/C18H17N3O2/c1-13-11-21(12-19-13)16-10-15(8-9-17(16)23-2)20-18(22)14-6-4-3-5-7-14/h3-12H,1-2H3,(H,20,22). The number of amides is 1. The summed E-state index contributed by atoms with van der Waals surface area (Å²) in [6, 6.07) is 14.6. The third kappa shape index (κ3) is 3.23. The van der Waals surface area contributed by atoms with Crippen molar-refractivity contribution < 1.29 is 9.53 Å². The molecule has 0 aliphatic rings. The van der Waals surface area contributed by atoms with E-state index < -0.39 is 0 Å². The molecule has 3 rings (SSSR count). The number of carbonyl (C=O) groups is 1. The van der Waals surface area contributed by atoms with Crippen LogP contribution in [0.4, 0.5) is 5.69 Å². The van der Waals surface area contributed by atoms with Gasteiger partial charge in [-0.25, -0.2) is 4.98 Å². The van der Waals surface area contributed by atoms with Crippen molar-refractivity contribution in [2.45, 2.75) is 6.92 Å². The second-order valence-corrected chi connectivity index (χ2v) is 5.13. The van der Waals surface area contributed by atoms with Gasteiger partial charge in [0.2, 0.25) is 0 Å². The van der Waals surface area contributed by atoms with E-state index >= 15 is 0 Å². The van der Waals surface area contributed by atoms with E-state index in [4.69, 9.17) is 4.74 Å². The number of aromatic nitrogens is 2. The summed E-state index contributed by atoms with van der Waals surface area (Å²) >= 11 is 0. The Morgan fingerprint density at radius 2 is 1.96 bits per heavy atom. The van der Waals surface area contributed by atoms with Crippen LogP contribution in [0, 0.1) is 6.92 Å². The number of ether oxygens (including phenoxy) is 1. The molecule has 23 heavy (non-hydrogen) atoms. The minimum absolute atomic E-state index is 0.150. The molecule has 5 heteroatoms. The number of imidazole rings is 1. The van der Waals surface area contributed by atoms with E-state index in [2.05, 4.69) is 10.3 Å². The molecule has 0 atom stereocenters. The van der Waals surface area contributed by atoms with Crippen LogP contribution in [-0.4, -0.2) is 22.6 Å². The smallest absolute Gasteiger partial charge is 0.255 e. The summed E-state index contributed by atoms with van der Waals surface area (Å²) in [5.74, 6) is 0.559. The van der Waals surface area contributed by atoms with Crippen LogP contribution in [0.3, 0.4) is 0 Å². The van der Waals surface area contributed by atoms with Crippen molar-refractivity contribution in [3.63, 3.8) is 0 Å². The zero-order chi connectivity index (χ0) is 16.2. The Hall–Kier alpha value is -3.08. The largest absolute Gasteiger partial charge is 0.495 e. The molecule has 0 saturated carbocycles. The monoisotopic (exact) mass is 307 g/mol. The third-order valence-electron chi connectivity index (χ3n) is 3.46. The van der Waals surface area contributed by atoms with Crippen LogP contribution in [0.2, 0.25) is 0 Å². The van der Waals surface area contributed by atoms with Crippen molar-refractivity contribution in [1.29, 1.82) is 0 Å². The summed E-state index contributed by atoms with van der Waals surface area (Å²) in [5.41, 5.74) is 3.04. The molecular weight excluding hydrogens is 290 g/mol. The fourth-order valence-corrected chi connectivity index (χ4v) is 2.32.